The molecule has 2 bridgehead atoms. The summed E-state index contributed by atoms with van der Waals surface area (Å²) in [5.41, 5.74) is 0.704. The van der Waals surface area contributed by atoms with Gasteiger partial charge in [0.2, 0.25) is 5.82 Å². The zero-order valence-corrected chi connectivity index (χ0v) is 19.9. The Morgan fingerprint density at radius 3 is 2.94 bits per heavy atom. The summed E-state index contributed by atoms with van der Waals surface area (Å²) in [5, 5.41) is 2.84. The molecule has 5 heterocycles. The van der Waals surface area contributed by atoms with Gasteiger partial charge in [0.1, 0.15) is 24.3 Å². The largest absolute Gasteiger partial charge is 0.491 e. The number of nitrogens with one attached hydrogen (secondary N) is 1. The van der Waals surface area contributed by atoms with Crippen molar-refractivity contribution in [2.24, 2.45) is 0 Å². The molecule has 12 nitrogen and oxygen atoms in total. The molecule has 3 aliphatic rings. The Kier molecular flexibility index (Phi) is 6.15. The summed E-state index contributed by atoms with van der Waals surface area (Å²) in [5.74, 6) is -0.129. The van der Waals surface area contributed by atoms with E-state index in [1.54, 1.807) is 29.4 Å². The quantitative estimate of drug-likeness (QED) is 0.631. The van der Waals surface area contributed by atoms with E-state index in [0.29, 0.717) is 42.8 Å². The van der Waals surface area contributed by atoms with Gasteiger partial charge in [0.15, 0.2) is 11.6 Å². The van der Waals surface area contributed by atoms with E-state index in [4.69, 9.17) is 18.9 Å². The lowest BCUT2D eigenvalue weighted by molar-refractivity contribution is -0.141. The molecule has 0 aliphatic carbocycles. The van der Waals surface area contributed by atoms with E-state index in [2.05, 4.69) is 25.2 Å². The Labute approximate surface area is 202 Å². The number of aromatic nitrogens is 3. The first-order chi connectivity index (χ1) is 16.8. The van der Waals surface area contributed by atoms with Gasteiger partial charge in [-0.25, -0.2) is 24.5 Å². The van der Waals surface area contributed by atoms with Crippen molar-refractivity contribution < 1.29 is 28.5 Å². The topological polar surface area (TPSA) is 128 Å². The highest BCUT2D eigenvalue weighted by Crippen LogP contribution is 2.37. The highest BCUT2D eigenvalue weighted by Gasteiger charge is 2.39. The number of amides is 2. The zero-order valence-electron chi connectivity index (χ0n) is 19.9. The smallest absolute Gasteiger partial charge is 0.376 e. The van der Waals surface area contributed by atoms with Gasteiger partial charge in [0, 0.05) is 25.4 Å². The van der Waals surface area contributed by atoms with Gasteiger partial charge in [-0.3, -0.25) is 10.2 Å². The molecule has 2 saturated heterocycles. The van der Waals surface area contributed by atoms with Crippen LogP contribution in [-0.2, 0) is 14.2 Å². The Hall–Kier alpha value is -3.51. The van der Waals surface area contributed by atoms with Crippen molar-refractivity contribution in [2.75, 3.05) is 48.5 Å². The van der Waals surface area contributed by atoms with Gasteiger partial charge in [-0.1, -0.05) is 0 Å². The number of carbonyl (C=O) groups excluding carboxylic acids is 2. The highest BCUT2D eigenvalue weighted by molar-refractivity contribution is 6.04. The molecule has 2 atom stereocenters. The maximum Gasteiger partial charge on any atom is 0.376 e. The number of hydrogen-bond donors (Lipinski definition) is 1. The average molecular weight is 485 g/mol. The highest BCUT2D eigenvalue weighted by atomic mass is 16.7. The van der Waals surface area contributed by atoms with Crippen LogP contribution >= 0.6 is 0 Å². The van der Waals surface area contributed by atoms with E-state index in [9.17, 15) is 9.59 Å². The van der Waals surface area contributed by atoms with E-state index in [1.165, 1.54) is 7.11 Å². The summed E-state index contributed by atoms with van der Waals surface area (Å²) in [6.07, 6.45) is 4.69. The number of fused-ring (bicyclic) bond motifs is 4. The minimum Gasteiger partial charge on any atom is -0.491 e. The van der Waals surface area contributed by atoms with Crippen LogP contribution in [0.2, 0.25) is 0 Å². The summed E-state index contributed by atoms with van der Waals surface area (Å²) in [6, 6.07) is 2.86. The van der Waals surface area contributed by atoms with Crippen LogP contribution in [-0.4, -0.2) is 78.3 Å². The fourth-order valence-electron chi connectivity index (χ4n) is 4.55. The Bertz CT molecular complexity index is 1130. The number of methoxy groups -OCH3 is 1. The summed E-state index contributed by atoms with van der Waals surface area (Å²) in [4.78, 5) is 41.9. The minimum absolute atomic E-state index is 0.0972. The maximum absolute atomic E-state index is 13.4. The molecule has 0 saturated carbocycles. The molecule has 186 valence electrons. The van der Waals surface area contributed by atoms with Gasteiger partial charge in [-0.05, 0) is 32.8 Å². The van der Waals surface area contributed by atoms with Crippen LogP contribution in [0, 0.1) is 0 Å². The van der Waals surface area contributed by atoms with E-state index in [1.807, 2.05) is 13.8 Å². The van der Waals surface area contributed by atoms with E-state index in [0.717, 1.165) is 19.4 Å². The molecule has 35 heavy (non-hydrogen) atoms. The molecule has 0 aromatic carbocycles. The van der Waals surface area contributed by atoms with Crippen molar-refractivity contribution in [1.29, 1.82) is 0 Å². The van der Waals surface area contributed by atoms with Crippen LogP contribution in [0.4, 0.5) is 22.1 Å². The Morgan fingerprint density at radius 2 is 2.17 bits per heavy atom. The van der Waals surface area contributed by atoms with E-state index >= 15 is 0 Å². The predicted molar refractivity (Wildman–Crippen MR) is 125 cm³/mol. The predicted octanol–water partition coefficient (Wildman–Crippen LogP) is 2.21. The number of urea groups is 1. The van der Waals surface area contributed by atoms with Crippen LogP contribution in [0.1, 0.15) is 37.3 Å². The SMILES string of the molecule is COC(=O)c1ncc2c(n1)N(C(=O)Nc1cc(OC[C@H]3COC(C)(C)O3)ccn1)[C@H]1CCCN2C1. The number of carbonyl (C=O) groups is 2. The minimum atomic E-state index is -0.662. The van der Waals surface area contributed by atoms with Crippen molar-refractivity contribution in [3.8, 4) is 5.75 Å². The van der Waals surface area contributed by atoms with Crippen LogP contribution in [0.15, 0.2) is 24.5 Å². The number of ether oxygens (including phenoxy) is 4. The molecule has 2 aromatic heterocycles. The molecule has 2 fully saturated rings. The molecule has 5 rings (SSSR count). The van der Waals surface area contributed by atoms with Crippen molar-refractivity contribution in [1.82, 2.24) is 15.0 Å². The van der Waals surface area contributed by atoms with Crippen molar-refractivity contribution in [2.45, 2.75) is 44.6 Å². The zero-order chi connectivity index (χ0) is 24.6. The molecule has 0 spiro atoms. The summed E-state index contributed by atoms with van der Waals surface area (Å²) in [6.45, 7) is 5.98. The lowest BCUT2D eigenvalue weighted by atomic mass is 10.0. The first-order valence-corrected chi connectivity index (χ1v) is 11.5. The summed E-state index contributed by atoms with van der Waals surface area (Å²) >= 11 is 0. The molecule has 3 aliphatic heterocycles. The third-order valence-electron chi connectivity index (χ3n) is 6.14. The van der Waals surface area contributed by atoms with E-state index < -0.39 is 17.8 Å². The number of nitrogens with zero attached hydrogens (tertiary/aromatic N) is 5. The molecule has 0 radical (unpaired) electrons. The number of hydrogen-bond acceptors (Lipinski definition) is 10. The standard InChI is InChI=1S/C23H28N6O6/c1-23(2)34-13-16(35-23)12-33-15-6-7-24-18(9-15)26-22(31)29-14-5-4-8-28(11-14)17-10-25-19(21(30)32-3)27-20(17)29/h6-7,9-10,14,16H,4-5,8,11-13H2,1-3H3,(H,24,26,31)/t14-,16-/m0/s1. The summed E-state index contributed by atoms with van der Waals surface area (Å²) < 4.78 is 21.9. The lowest BCUT2D eigenvalue weighted by Gasteiger charge is -2.45. The molecular formula is C23H28N6O6. The number of rotatable bonds is 5. The van der Waals surface area contributed by atoms with Crippen LogP contribution in [0.3, 0.4) is 0 Å². The van der Waals surface area contributed by atoms with Gasteiger partial charge >= 0.3 is 12.0 Å². The molecule has 2 amide bonds. The Morgan fingerprint density at radius 1 is 1.31 bits per heavy atom. The number of pyridine rings is 1. The molecule has 12 heteroatoms. The van der Waals surface area contributed by atoms with Gasteiger partial charge < -0.3 is 23.8 Å². The molecule has 2 aromatic rings. The van der Waals surface area contributed by atoms with Gasteiger partial charge in [0.05, 0.1) is 31.6 Å². The van der Waals surface area contributed by atoms with Gasteiger partial charge in [-0.15, -0.1) is 0 Å². The normalized spacial score (nSPS) is 22.4. The van der Waals surface area contributed by atoms with Gasteiger partial charge in [-0.2, -0.15) is 0 Å². The Balaban J connectivity index is 1.33. The average Bonchev–Trinajstić information content (AvgIpc) is 3.21. The second-order valence-corrected chi connectivity index (χ2v) is 9.07. The van der Waals surface area contributed by atoms with Crippen LogP contribution in [0.25, 0.3) is 0 Å². The molecule has 0 unspecified atom stereocenters. The molecule has 1 N–H and O–H groups in total. The van der Waals surface area contributed by atoms with Crippen LogP contribution < -0.4 is 19.9 Å². The van der Waals surface area contributed by atoms with Crippen molar-refractivity contribution >= 4 is 29.3 Å². The maximum atomic E-state index is 13.4. The second kappa shape index (κ2) is 9.27. The lowest BCUT2D eigenvalue weighted by Crippen LogP contribution is -2.56. The van der Waals surface area contributed by atoms with Crippen molar-refractivity contribution in [3.05, 3.63) is 30.4 Å². The van der Waals surface area contributed by atoms with Crippen molar-refractivity contribution in [3.63, 3.8) is 0 Å². The fourth-order valence-corrected chi connectivity index (χ4v) is 4.55. The number of piperidine rings is 1. The third kappa shape index (κ3) is 4.84. The van der Waals surface area contributed by atoms with Gasteiger partial charge in [0.25, 0.3) is 0 Å². The number of esters is 1. The number of anilines is 3. The van der Waals surface area contributed by atoms with E-state index in [-0.39, 0.29) is 18.0 Å². The second-order valence-electron chi connectivity index (χ2n) is 9.07. The summed E-state index contributed by atoms with van der Waals surface area (Å²) in [7, 11) is 1.27. The molecular weight excluding hydrogens is 456 g/mol. The first-order valence-electron chi connectivity index (χ1n) is 11.5. The fraction of sp³-hybridized carbons (Fsp3) is 0.522. The third-order valence-corrected chi connectivity index (χ3v) is 6.14. The monoisotopic (exact) mass is 484 g/mol. The first kappa shape index (κ1) is 23.2. The van der Waals surface area contributed by atoms with Crippen LogP contribution in [0.5, 0.6) is 5.75 Å².